The fourth-order valence-corrected chi connectivity index (χ4v) is 2.05. The first kappa shape index (κ1) is 12.9. The minimum atomic E-state index is -0.146. The van der Waals surface area contributed by atoms with Crippen LogP contribution < -0.4 is 22.1 Å². The summed E-state index contributed by atoms with van der Waals surface area (Å²) >= 11 is 0. The normalized spacial score (nSPS) is 14.2. The molecule has 7 heteroatoms. The van der Waals surface area contributed by atoms with Crippen LogP contribution in [0.4, 0.5) is 11.4 Å². The number of benzene rings is 1. The van der Waals surface area contributed by atoms with Gasteiger partial charge in [0.05, 0.1) is 5.69 Å². The molecule has 0 bridgehead atoms. The Bertz CT molecular complexity index is 574. The second-order valence-electron chi connectivity index (χ2n) is 4.24. The molecule has 0 fully saturated rings. The fourth-order valence-electron chi connectivity index (χ4n) is 2.05. The number of nitrogens with zero attached hydrogens (tertiary/aromatic N) is 3. The number of carbonyl (C=O) groups excluding carboxylic acids is 1. The van der Waals surface area contributed by atoms with Crippen molar-refractivity contribution in [3.63, 3.8) is 0 Å². The quantitative estimate of drug-likeness (QED) is 0.478. The molecule has 1 aromatic carbocycles. The molecule has 2 rings (SSSR count). The summed E-state index contributed by atoms with van der Waals surface area (Å²) in [6, 6.07) is 5.55. The number of hydrogen-bond donors (Lipinski definition) is 3. The minimum Gasteiger partial charge on any atom is -0.370 e. The zero-order valence-corrected chi connectivity index (χ0v) is 10.6. The number of anilines is 1. The zero-order valence-electron chi connectivity index (χ0n) is 10.6. The van der Waals surface area contributed by atoms with Crippen LogP contribution in [0.15, 0.2) is 28.2 Å². The third-order valence-electron chi connectivity index (χ3n) is 2.83. The molecule has 0 radical (unpaired) electrons. The second kappa shape index (κ2) is 4.97. The van der Waals surface area contributed by atoms with Gasteiger partial charge in [0, 0.05) is 19.2 Å². The molecule has 0 saturated heterocycles. The van der Waals surface area contributed by atoms with E-state index < -0.39 is 0 Å². The third-order valence-corrected chi connectivity index (χ3v) is 2.83. The van der Waals surface area contributed by atoms with Gasteiger partial charge in [-0.1, -0.05) is 6.07 Å². The van der Waals surface area contributed by atoms with Crippen molar-refractivity contribution in [3.8, 4) is 0 Å². The number of amides is 1. The predicted molar refractivity (Wildman–Crippen MR) is 75.3 cm³/mol. The maximum Gasteiger partial charge on any atom is 0.223 e. The van der Waals surface area contributed by atoms with Gasteiger partial charge in [0.2, 0.25) is 11.9 Å². The lowest BCUT2D eigenvalue weighted by Gasteiger charge is -2.14. The Morgan fingerprint density at radius 1 is 1.32 bits per heavy atom. The monoisotopic (exact) mass is 260 g/mol. The van der Waals surface area contributed by atoms with E-state index in [4.69, 9.17) is 17.2 Å². The van der Waals surface area contributed by atoms with Gasteiger partial charge in [-0.2, -0.15) is 4.99 Å². The van der Waals surface area contributed by atoms with Crippen LogP contribution in [-0.2, 0) is 11.2 Å². The van der Waals surface area contributed by atoms with Crippen LogP contribution in [0, 0.1) is 0 Å². The first-order chi connectivity index (χ1) is 8.97. The van der Waals surface area contributed by atoms with Crippen LogP contribution in [0.25, 0.3) is 0 Å². The van der Waals surface area contributed by atoms with Crippen LogP contribution in [0.2, 0.25) is 0 Å². The third kappa shape index (κ3) is 2.82. The van der Waals surface area contributed by atoms with E-state index in [-0.39, 0.29) is 17.8 Å². The van der Waals surface area contributed by atoms with Crippen molar-refractivity contribution >= 4 is 29.2 Å². The zero-order chi connectivity index (χ0) is 14.0. The number of hydrogen-bond acceptors (Lipinski definition) is 2. The molecule has 1 aromatic rings. The Balaban J connectivity index is 2.34. The molecular weight excluding hydrogens is 244 g/mol. The molecule has 0 saturated carbocycles. The molecular formula is C12H16N6O. The van der Waals surface area contributed by atoms with Gasteiger partial charge in [-0.25, -0.2) is 4.99 Å². The van der Waals surface area contributed by atoms with E-state index in [1.165, 1.54) is 0 Å². The van der Waals surface area contributed by atoms with E-state index in [1.807, 2.05) is 12.1 Å². The van der Waals surface area contributed by atoms with E-state index in [0.29, 0.717) is 12.2 Å². The molecule has 0 unspecified atom stereocenters. The fraction of sp³-hybridized carbons (Fsp3) is 0.250. The van der Waals surface area contributed by atoms with Gasteiger partial charge in [0.1, 0.15) is 0 Å². The summed E-state index contributed by atoms with van der Waals surface area (Å²) in [5.41, 5.74) is 18.6. The summed E-state index contributed by atoms with van der Waals surface area (Å²) in [4.78, 5) is 20.9. The maximum absolute atomic E-state index is 11.5. The van der Waals surface area contributed by atoms with E-state index in [2.05, 4.69) is 9.98 Å². The summed E-state index contributed by atoms with van der Waals surface area (Å²) in [6.07, 6.45) is 0.849. The van der Waals surface area contributed by atoms with E-state index in [0.717, 1.165) is 17.7 Å². The Hall–Kier alpha value is -2.57. The summed E-state index contributed by atoms with van der Waals surface area (Å²) in [5, 5.41) is 0. The first-order valence-corrected chi connectivity index (χ1v) is 5.82. The maximum atomic E-state index is 11.5. The van der Waals surface area contributed by atoms with Crippen LogP contribution in [0.3, 0.4) is 0 Å². The number of aliphatic imine (C=N–C) groups is 2. The highest BCUT2D eigenvalue weighted by molar-refractivity contribution is 5.96. The molecule has 19 heavy (non-hydrogen) atoms. The average Bonchev–Trinajstić information content (AvgIpc) is 2.70. The Labute approximate surface area is 110 Å². The Kier molecular flexibility index (Phi) is 3.37. The molecule has 0 aliphatic carbocycles. The van der Waals surface area contributed by atoms with Gasteiger partial charge < -0.3 is 22.1 Å². The van der Waals surface area contributed by atoms with Gasteiger partial charge in [-0.3, -0.25) is 4.79 Å². The number of carbonyl (C=O) groups is 1. The molecule has 1 heterocycles. The standard InChI is InChI=1S/C12H16N6O/c1-7(19)18-5-4-8-2-3-9(6-10(8)18)16-12(15)17-11(13)14/h2-3,6H,4-5H2,1H3,(H6,13,14,15,16,17). The highest BCUT2D eigenvalue weighted by Crippen LogP contribution is 2.31. The molecule has 6 N–H and O–H groups in total. The summed E-state index contributed by atoms with van der Waals surface area (Å²) in [6.45, 7) is 2.24. The Morgan fingerprint density at radius 3 is 2.68 bits per heavy atom. The highest BCUT2D eigenvalue weighted by Gasteiger charge is 2.22. The number of guanidine groups is 2. The van der Waals surface area contributed by atoms with Crippen molar-refractivity contribution in [2.24, 2.45) is 27.2 Å². The van der Waals surface area contributed by atoms with Crippen molar-refractivity contribution in [1.82, 2.24) is 0 Å². The minimum absolute atomic E-state index is 0.0112. The lowest BCUT2D eigenvalue weighted by atomic mass is 10.1. The largest absolute Gasteiger partial charge is 0.370 e. The number of rotatable bonds is 1. The summed E-state index contributed by atoms with van der Waals surface area (Å²) < 4.78 is 0. The highest BCUT2D eigenvalue weighted by atomic mass is 16.2. The van der Waals surface area contributed by atoms with E-state index in [9.17, 15) is 4.79 Å². The van der Waals surface area contributed by atoms with Crippen LogP contribution in [-0.4, -0.2) is 24.4 Å². The molecule has 0 aromatic heterocycles. The Morgan fingerprint density at radius 2 is 2.05 bits per heavy atom. The van der Waals surface area contributed by atoms with Gasteiger partial charge >= 0.3 is 0 Å². The number of nitrogens with two attached hydrogens (primary N) is 3. The average molecular weight is 260 g/mol. The lowest BCUT2D eigenvalue weighted by Crippen LogP contribution is -2.26. The molecule has 1 aliphatic heterocycles. The smallest absolute Gasteiger partial charge is 0.223 e. The molecule has 1 aliphatic rings. The molecule has 100 valence electrons. The predicted octanol–water partition coefficient (Wildman–Crippen LogP) is -0.185. The second-order valence-corrected chi connectivity index (χ2v) is 4.24. The molecule has 0 atom stereocenters. The topological polar surface area (TPSA) is 123 Å². The summed E-state index contributed by atoms with van der Waals surface area (Å²) in [7, 11) is 0. The van der Waals surface area contributed by atoms with Gasteiger partial charge in [-0.05, 0) is 24.1 Å². The van der Waals surface area contributed by atoms with Crippen LogP contribution >= 0.6 is 0 Å². The molecule has 1 amide bonds. The van der Waals surface area contributed by atoms with E-state index in [1.54, 1.807) is 17.9 Å². The number of fused-ring (bicyclic) bond motifs is 1. The molecule has 7 nitrogen and oxygen atoms in total. The van der Waals surface area contributed by atoms with Gasteiger partial charge in [0.25, 0.3) is 0 Å². The van der Waals surface area contributed by atoms with Gasteiger partial charge in [-0.15, -0.1) is 0 Å². The van der Waals surface area contributed by atoms with Crippen molar-refractivity contribution < 1.29 is 4.79 Å². The lowest BCUT2D eigenvalue weighted by molar-refractivity contribution is -0.116. The van der Waals surface area contributed by atoms with Crippen LogP contribution in [0.1, 0.15) is 12.5 Å². The van der Waals surface area contributed by atoms with Crippen molar-refractivity contribution in [3.05, 3.63) is 23.8 Å². The van der Waals surface area contributed by atoms with Crippen molar-refractivity contribution in [1.29, 1.82) is 0 Å². The van der Waals surface area contributed by atoms with Crippen LogP contribution in [0.5, 0.6) is 0 Å². The molecule has 0 spiro atoms. The first-order valence-electron chi connectivity index (χ1n) is 5.82. The summed E-state index contributed by atoms with van der Waals surface area (Å²) in [5.74, 6) is -0.155. The van der Waals surface area contributed by atoms with Gasteiger partial charge in [0.15, 0.2) is 5.96 Å². The SMILES string of the molecule is CC(=O)N1CCc2ccc(N=C(N)N=C(N)N)cc21. The van der Waals surface area contributed by atoms with Crippen molar-refractivity contribution in [2.75, 3.05) is 11.4 Å². The van der Waals surface area contributed by atoms with Crippen molar-refractivity contribution in [2.45, 2.75) is 13.3 Å². The van der Waals surface area contributed by atoms with E-state index >= 15 is 0 Å².